The van der Waals surface area contributed by atoms with E-state index in [-0.39, 0.29) is 23.3 Å². The van der Waals surface area contributed by atoms with Crippen LogP contribution in [0.1, 0.15) is 53.4 Å². The predicted octanol–water partition coefficient (Wildman–Crippen LogP) is 4.56. The first kappa shape index (κ1) is 23.7. The smallest absolute Gasteiger partial charge is 0.341 e. The van der Waals surface area contributed by atoms with Gasteiger partial charge in [0.1, 0.15) is 9.21 Å². The van der Waals surface area contributed by atoms with E-state index >= 15 is 0 Å². The second-order valence-corrected chi connectivity index (χ2v) is 12.9. The van der Waals surface area contributed by atoms with Crippen LogP contribution in [0, 0.1) is 5.92 Å². The molecule has 1 aliphatic carbocycles. The summed E-state index contributed by atoms with van der Waals surface area (Å²) in [5.74, 6) is -1.17. The lowest BCUT2D eigenvalue weighted by molar-refractivity contribution is -0.120. The molecule has 0 aromatic carbocycles. The van der Waals surface area contributed by atoms with Crippen molar-refractivity contribution in [2.24, 2.45) is 5.92 Å². The minimum atomic E-state index is -3.70. The fourth-order valence-electron chi connectivity index (χ4n) is 4.23. The Morgan fingerprint density at radius 3 is 2.72 bits per heavy atom. The van der Waals surface area contributed by atoms with Crippen LogP contribution in [-0.2, 0) is 32.4 Å². The number of hydrogen-bond donors (Lipinski definition) is 1. The molecule has 2 aromatic heterocycles. The monoisotopic (exact) mass is 516 g/mol. The van der Waals surface area contributed by atoms with Gasteiger partial charge in [-0.2, -0.15) is 4.31 Å². The van der Waals surface area contributed by atoms with Crippen molar-refractivity contribution in [2.45, 2.75) is 49.7 Å². The number of aryl methyl sites for hydroxylation is 1. The topological polar surface area (TPSA) is 92.8 Å². The number of thiophene rings is 2. The average Bonchev–Trinajstić information content (AvgIpc) is 3.37. The fraction of sp³-hybridized carbons (Fsp3) is 0.524. The number of nitrogens with one attached hydrogen (secondary N) is 1. The molecular weight excluding hydrogens is 492 g/mol. The van der Waals surface area contributed by atoms with Crippen molar-refractivity contribution in [3.63, 3.8) is 0 Å². The number of piperidine rings is 1. The highest BCUT2D eigenvalue weighted by molar-refractivity contribution is 7.91. The summed E-state index contributed by atoms with van der Waals surface area (Å²) in [7, 11) is -3.70. The number of fused-ring (bicyclic) bond motifs is 1. The maximum absolute atomic E-state index is 13.1. The van der Waals surface area contributed by atoms with E-state index in [2.05, 4.69) is 5.32 Å². The zero-order chi connectivity index (χ0) is 22.9. The molecule has 1 N–H and O–H groups in total. The molecule has 7 nitrogen and oxygen atoms in total. The van der Waals surface area contributed by atoms with Gasteiger partial charge in [0.05, 0.1) is 22.4 Å². The average molecular weight is 517 g/mol. The number of anilines is 1. The Labute approximate surface area is 200 Å². The predicted molar refractivity (Wildman–Crippen MR) is 126 cm³/mol. The van der Waals surface area contributed by atoms with Gasteiger partial charge in [0.25, 0.3) is 10.0 Å². The molecule has 174 valence electrons. The summed E-state index contributed by atoms with van der Waals surface area (Å²) < 4.78 is 33.1. The third-order valence-electron chi connectivity index (χ3n) is 5.79. The quantitative estimate of drug-likeness (QED) is 0.568. The first-order valence-electron chi connectivity index (χ1n) is 10.7. The molecule has 1 unspecified atom stereocenters. The normalized spacial score (nSPS) is 19.4. The van der Waals surface area contributed by atoms with Gasteiger partial charge < -0.3 is 10.1 Å². The Kier molecular flexibility index (Phi) is 7.26. The number of rotatable bonds is 6. The fourth-order valence-corrected chi connectivity index (χ4v) is 8.67. The number of sulfonamides is 1. The highest BCUT2D eigenvalue weighted by atomic mass is 35.5. The van der Waals surface area contributed by atoms with Crippen LogP contribution in [0.15, 0.2) is 16.3 Å². The van der Waals surface area contributed by atoms with Crippen molar-refractivity contribution >= 4 is 61.2 Å². The Bertz CT molecular complexity index is 1120. The van der Waals surface area contributed by atoms with Crippen LogP contribution < -0.4 is 5.32 Å². The molecular formula is C21H25ClN2O5S3. The van der Waals surface area contributed by atoms with Crippen LogP contribution in [0.4, 0.5) is 5.00 Å². The maximum atomic E-state index is 13.1. The van der Waals surface area contributed by atoms with E-state index in [9.17, 15) is 18.0 Å². The molecule has 1 aliphatic heterocycles. The van der Waals surface area contributed by atoms with Gasteiger partial charge in [0, 0.05) is 18.0 Å². The molecule has 1 fully saturated rings. The molecule has 11 heteroatoms. The molecule has 2 aliphatic rings. The van der Waals surface area contributed by atoms with Crippen LogP contribution in [0.3, 0.4) is 0 Å². The SMILES string of the molecule is CCOC(=O)c1c(NC(=O)C2CCCN(S(=O)(=O)c3ccc(Cl)s3)C2)sc2c1CCCC2. The van der Waals surface area contributed by atoms with Crippen LogP contribution in [0.2, 0.25) is 4.34 Å². The van der Waals surface area contributed by atoms with Crippen molar-refractivity contribution < 1.29 is 22.7 Å². The summed E-state index contributed by atoms with van der Waals surface area (Å²) in [6.07, 6.45) is 4.93. The standard InChI is InChI=1S/C21H25ClN2O5S3/c1-2-29-21(26)18-14-7-3-4-8-15(14)30-20(18)23-19(25)13-6-5-11-24(12-13)32(27,28)17-10-9-16(22)31-17/h9-10,13H,2-8,11-12H2,1H3,(H,23,25). The Morgan fingerprint density at radius 1 is 1.22 bits per heavy atom. The number of amides is 1. The first-order chi connectivity index (χ1) is 15.3. The minimum Gasteiger partial charge on any atom is -0.462 e. The molecule has 0 spiro atoms. The van der Waals surface area contributed by atoms with Crippen molar-refractivity contribution in [1.29, 1.82) is 0 Å². The zero-order valence-corrected chi connectivity index (χ0v) is 20.9. The lowest BCUT2D eigenvalue weighted by atomic mass is 9.95. The van der Waals surface area contributed by atoms with E-state index in [1.807, 2.05) is 0 Å². The van der Waals surface area contributed by atoms with Crippen molar-refractivity contribution in [1.82, 2.24) is 4.31 Å². The van der Waals surface area contributed by atoms with Crippen LogP contribution in [-0.4, -0.2) is 44.3 Å². The second-order valence-electron chi connectivity index (χ2n) is 7.89. The van der Waals surface area contributed by atoms with E-state index < -0.39 is 21.9 Å². The molecule has 3 heterocycles. The molecule has 0 saturated carbocycles. The Morgan fingerprint density at radius 2 is 2.00 bits per heavy atom. The summed E-state index contributed by atoms with van der Waals surface area (Å²) in [4.78, 5) is 26.9. The minimum absolute atomic E-state index is 0.101. The number of nitrogens with zero attached hydrogens (tertiary/aromatic N) is 1. The van der Waals surface area contributed by atoms with Gasteiger partial charge in [-0.3, -0.25) is 4.79 Å². The molecule has 1 amide bonds. The summed E-state index contributed by atoms with van der Waals surface area (Å²) in [6, 6.07) is 3.05. The number of ether oxygens (including phenoxy) is 1. The van der Waals surface area contributed by atoms with Gasteiger partial charge in [-0.05, 0) is 63.1 Å². The van der Waals surface area contributed by atoms with Crippen molar-refractivity contribution in [3.8, 4) is 0 Å². The number of hydrogen-bond acceptors (Lipinski definition) is 7. The highest BCUT2D eigenvalue weighted by Gasteiger charge is 2.35. The molecule has 0 bridgehead atoms. The Balaban J connectivity index is 1.53. The summed E-state index contributed by atoms with van der Waals surface area (Å²) in [5.41, 5.74) is 1.45. The summed E-state index contributed by atoms with van der Waals surface area (Å²) in [6.45, 7) is 2.48. The highest BCUT2D eigenvalue weighted by Crippen LogP contribution is 2.39. The molecule has 1 saturated heterocycles. The van der Waals surface area contributed by atoms with Gasteiger partial charge in [0.2, 0.25) is 5.91 Å². The van der Waals surface area contributed by atoms with Crippen LogP contribution >= 0.6 is 34.3 Å². The molecule has 2 aromatic rings. The Hall–Kier alpha value is -1.46. The molecule has 4 rings (SSSR count). The second kappa shape index (κ2) is 9.80. The van der Waals surface area contributed by atoms with Gasteiger partial charge in [-0.1, -0.05) is 11.6 Å². The molecule has 1 atom stereocenters. The third-order valence-corrected chi connectivity index (χ3v) is 10.6. The largest absolute Gasteiger partial charge is 0.462 e. The number of carbonyl (C=O) groups is 2. The van der Waals surface area contributed by atoms with E-state index in [0.717, 1.165) is 47.5 Å². The lowest BCUT2D eigenvalue weighted by Crippen LogP contribution is -2.43. The van der Waals surface area contributed by atoms with Gasteiger partial charge in [-0.15, -0.1) is 22.7 Å². The first-order valence-corrected chi connectivity index (χ1v) is 14.1. The third kappa shape index (κ3) is 4.75. The number of esters is 1. The van der Waals surface area contributed by atoms with Crippen molar-refractivity contribution in [3.05, 3.63) is 32.5 Å². The van der Waals surface area contributed by atoms with Gasteiger partial charge >= 0.3 is 5.97 Å². The molecule has 0 radical (unpaired) electrons. The number of halogens is 1. The van der Waals surface area contributed by atoms with Crippen LogP contribution in [0.5, 0.6) is 0 Å². The maximum Gasteiger partial charge on any atom is 0.341 e. The zero-order valence-electron chi connectivity index (χ0n) is 17.7. The molecule has 32 heavy (non-hydrogen) atoms. The lowest BCUT2D eigenvalue weighted by Gasteiger charge is -2.30. The van der Waals surface area contributed by atoms with Crippen molar-refractivity contribution in [2.75, 3.05) is 25.0 Å². The summed E-state index contributed by atoms with van der Waals surface area (Å²) >= 11 is 8.36. The van der Waals surface area contributed by atoms with E-state index in [1.165, 1.54) is 21.7 Å². The van der Waals surface area contributed by atoms with Gasteiger partial charge in [-0.25, -0.2) is 13.2 Å². The van der Waals surface area contributed by atoms with E-state index in [1.54, 1.807) is 13.0 Å². The van der Waals surface area contributed by atoms with E-state index in [4.69, 9.17) is 16.3 Å². The summed E-state index contributed by atoms with van der Waals surface area (Å²) in [5, 5.41) is 3.45. The van der Waals surface area contributed by atoms with E-state index in [0.29, 0.717) is 34.3 Å². The van der Waals surface area contributed by atoms with Crippen LogP contribution in [0.25, 0.3) is 0 Å². The van der Waals surface area contributed by atoms with Gasteiger partial charge in [0.15, 0.2) is 0 Å². The number of carbonyl (C=O) groups excluding carboxylic acids is 2.